The van der Waals surface area contributed by atoms with Crippen LogP contribution in [0.3, 0.4) is 0 Å². The zero-order chi connectivity index (χ0) is 15.8. The summed E-state index contributed by atoms with van der Waals surface area (Å²) in [5.41, 5.74) is -1.28. The van der Waals surface area contributed by atoms with Crippen LogP contribution >= 0.6 is 23.7 Å². The number of hydrogen-bond donors (Lipinski definition) is 2. The Balaban J connectivity index is 0.00000192. The fourth-order valence-corrected chi connectivity index (χ4v) is 4.29. The second-order valence-electron chi connectivity index (χ2n) is 6.04. The van der Waals surface area contributed by atoms with E-state index in [0.717, 1.165) is 48.9 Å². The minimum Gasteiger partial charge on any atom is -0.349 e. The van der Waals surface area contributed by atoms with Gasteiger partial charge in [0.2, 0.25) is 5.91 Å². The maximum Gasteiger partial charge on any atom is 0.434 e. The molecular formula is C14H19ClF3N3OS. The molecule has 0 radical (unpaired) electrons. The van der Waals surface area contributed by atoms with Crippen molar-refractivity contribution in [1.29, 1.82) is 0 Å². The van der Waals surface area contributed by atoms with Crippen LogP contribution in [0.15, 0.2) is 5.38 Å². The molecule has 23 heavy (non-hydrogen) atoms. The Morgan fingerprint density at radius 2 is 2.26 bits per heavy atom. The van der Waals surface area contributed by atoms with Gasteiger partial charge in [0, 0.05) is 11.9 Å². The molecule has 2 N–H and O–H groups in total. The van der Waals surface area contributed by atoms with E-state index in [1.807, 2.05) is 0 Å². The van der Waals surface area contributed by atoms with Crippen LogP contribution in [0.4, 0.5) is 13.2 Å². The zero-order valence-corrected chi connectivity index (χ0v) is 14.0. The quantitative estimate of drug-likeness (QED) is 0.861. The van der Waals surface area contributed by atoms with Gasteiger partial charge in [0.05, 0.1) is 12.0 Å². The number of carbonyl (C=O) groups is 1. The molecule has 0 spiro atoms. The number of rotatable bonds is 3. The standard InChI is InChI=1S/C14H18F3N3OS.ClH/c15-14(16,17)10-7-22-11(20-10)6-19-12(21)13-4-2-1-3-9(13)5-18-8-13;/h7,9,18H,1-6,8H2,(H,19,21);1H/t9-,13+;/m0./s1. The zero-order valence-electron chi connectivity index (χ0n) is 12.4. The maximum absolute atomic E-state index is 12.6. The Bertz CT molecular complexity index is 566. The number of thiazole rings is 1. The molecule has 1 saturated heterocycles. The molecular weight excluding hydrogens is 351 g/mol. The molecule has 9 heteroatoms. The van der Waals surface area contributed by atoms with E-state index in [-0.39, 0.29) is 35.3 Å². The van der Waals surface area contributed by atoms with Crippen LogP contribution in [0.1, 0.15) is 36.4 Å². The third-order valence-electron chi connectivity index (χ3n) is 4.73. The molecule has 1 aromatic rings. The fourth-order valence-electron chi connectivity index (χ4n) is 3.54. The molecule has 1 aliphatic heterocycles. The van der Waals surface area contributed by atoms with Gasteiger partial charge in [-0.3, -0.25) is 4.79 Å². The molecule has 0 bridgehead atoms. The molecule has 2 heterocycles. The predicted molar refractivity (Wildman–Crippen MR) is 83.5 cm³/mol. The lowest BCUT2D eigenvalue weighted by molar-refractivity contribution is -0.140. The summed E-state index contributed by atoms with van der Waals surface area (Å²) >= 11 is 0.927. The minimum absolute atomic E-state index is 0. The predicted octanol–water partition coefficient (Wildman–Crippen LogP) is 2.98. The van der Waals surface area contributed by atoms with E-state index in [0.29, 0.717) is 12.5 Å². The van der Waals surface area contributed by atoms with Crippen LogP contribution < -0.4 is 10.6 Å². The highest BCUT2D eigenvalue weighted by Gasteiger charge is 2.49. The SMILES string of the molecule is Cl.O=C(NCc1nc(C(F)(F)F)cs1)[C@@]12CCCC[C@H]1CNC2. The number of nitrogens with zero attached hydrogens (tertiary/aromatic N) is 1. The average Bonchev–Trinajstić information content (AvgIpc) is 3.11. The van der Waals surface area contributed by atoms with Gasteiger partial charge in [0.15, 0.2) is 5.69 Å². The minimum atomic E-state index is -4.43. The monoisotopic (exact) mass is 369 g/mol. The van der Waals surface area contributed by atoms with Crippen LogP contribution in [0.5, 0.6) is 0 Å². The van der Waals surface area contributed by atoms with Gasteiger partial charge in [0.1, 0.15) is 5.01 Å². The number of hydrogen-bond acceptors (Lipinski definition) is 4. The third-order valence-corrected chi connectivity index (χ3v) is 5.58. The van der Waals surface area contributed by atoms with Crippen molar-refractivity contribution in [3.63, 3.8) is 0 Å². The van der Waals surface area contributed by atoms with E-state index < -0.39 is 11.9 Å². The van der Waals surface area contributed by atoms with Gasteiger partial charge in [-0.1, -0.05) is 12.8 Å². The van der Waals surface area contributed by atoms with Gasteiger partial charge >= 0.3 is 6.18 Å². The Morgan fingerprint density at radius 1 is 1.48 bits per heavy atom. The largest absolute Gasteiger partial charge is 0.434 e. The van der Waals surface area contributed by atoms with Crippen molar-refractivity contribution in [2.45, 2.75) is 38.4 Å². The van der Waals surface area contributed by atoms with Crippen molar-refractivity contribution in [2.75, 3.05) is 13.1 Å². The number of carbonyl (C=O) groups excluding carboxylic acids is 1. The normalized spacial score (nSPS) is 27.2. The fraction of sp³-hybridized carbons (Fsp3) is 0.714. The average molecular weight is 370 g/mol. The highest BCUT2D eigenvalue weighted by molar-refractivity contribution is 7.09. The van der Waals surface area contributed by atoms with E-state index in [4.69, 9.17) is 0 Å². The van der Waals surface area contributed by atoms with E-state index in [9.17, 15) is 18.0 Å². The van der Waals surface area contributed by atoms with Gasteiger partial charge in [-0.25, -0.2) is 4.98 Å². The van der Waals surface area contributed by atoms with E-state index in [1.165, 1.54) is 0 Å². The van der Waals surface area contributed by atoms with Gasteiger partial charge in [-0.05, 0) is 25.3 Å². The summed E-state index contributed by atoms with van der Waals surface area (Å²) in [7, 11) is 0. The second-order valence-corrected chi connectivity index (χ2v) is 6.98. The molecule has 1 saturated carbocycles. The van der Waals surface area contributed by atoms with Crippen LogP contribution in [0.25, 0.3) is 0 Å². The second kappa shape index (κ2) is 6.94. The summed E-state index contributed by atoms with van der Waals surface area (Å²) in [6.07, 6.45) is -0.372. The summed E-state index contributed by atoms with van der Waals surface area (Å²) in [5, 5.41) is 7.36. The van der Waals surface area contributed by atoms with Crippen molar-refractivity contribution in [3.05, 3.63) is 16.1 Å². The molecule has 0 unspecified atom stereocenters. The smallest absolute Gasteiger partial charge is 0.349 e. The number of halogens is 4. The molecule has 2 fully saturated rings. The first-order valence-electron chi connectivity index (χ1n) is 7.42. The Morgan fingerprint density at radius 3 is 2.96 bits per heavy atom. The van der Waals surface area contributed by atoms with Crippen LogP contribution in [-0.4, -0.2) is 24.0 Å². The molecule has 1 aliphatic carbocycles. The van der Waals surface area contributed by atoms with Crippen molar-refractivity contribution in [3.8, 4) is 0 Å². The number of amides is 1. The molecule has 1 amide bonds. The number of aromatic nitrogens is 1. The lowest BCUT2D eigenvalue weighted by Crippen LogP contribution is -2.47. The lowest BCUT2D eigenvalue weighted by Gasteiger charge is -2.37. The Hall–Kier alpha value is -0.860. The molecule has 4 nitrogen and oxygen atoms in total. The molecule has 3 rings (SSSR count). The van der Waals surface area contributed by atoms with Gasteiger partial charge in [-0.2, -0.15) is 13.2 Å². The first-order chi connectivity index (χ1) is 10.4. The molecule has 130 valence electrons. The Labute approximate surface area is 142 Å². The van der Waals surface area contributed by atoms with Crippen LogP contribution in [0.2, 0.25) is 0 Å². The van der Waals surface area contributed by atoms with Crippen LogP contribution in [-0.2, 0) is 17.5 Å². The third kappa shape index (κ3) is 3.64. The van der Waals surface area contributed by atoms with E-state index >= 15 is 0 Å². The Kier molecular flexibility index (Phi) is 5.58. The molecule has 1 aromatic heterocycles. The van der Waals surface area contributed by atoms with Crippen molar-refractivity contribution >= 4 is 29.7 Å². The topological polar surface area (TPSA) is 54.0 Å². The molecule has 2 atom stereocenters. The summed E-state index contributed by atoms with van der Waals surface area (Å²) < 4.78 is 37.5. The van der Waals surface area contributed by atoms with E-state index in [2.05, 4.69) is 15.6 Å². The summed E-state index contributed by atoms with van der Waals surface area (Å²) in [6.45, 7) is 1.58. The molecule has 2 aliphatic rings. The summed E-state index contributed by atoms with van der Waals surface area (Å²) in [4.78, 5) is 16.1. The van der Waals surface area contributed by atoms with Crippen molar-refractivity contribution in [1.82, 2.24) is 15.6 Å². The van der Waals surface area contributed by atoms with Crippen molar-refractivity contribution in [2.24, 2.45) is 11.3 Å². The lowest BCUT2D eigenvalue weighted by atomic mass is 9.67. The van der Waals surface area contributed by atoms with Crippen LogP contribution in [0, 0.1) is 11.3 Å². The first-order valence-corrected chi connectivity index (χ1v) is 8.30. The van der Waals surface area contributed by atoms with Gasteiger partial charge in [0.25, 0.3) is 0 Å². The van der Waals surface area contributed by atoms with Gasteiger partial charge < -0.3 is 10.6 Å². The van der Waals surface area contributed by atoms with Gasteiger partial charge in [-0.15, -0.1) is 23.7 Å². The summed E-state index contributed by atoms with van der Waals surface area (Å²) in [5.74, 6) is 0.286. The number of nitrogens with one attached hydrogen (secondary N) is 2. The maximum atomic E-state index is 12.6. The van der Waals surface area contributed by atoms with E-state index in [1.54, 1.807) is 0 Å². The summed E-state index contributed by atoms with van der Waals surface area (Å²) in [6, 6.07) is 0. The number of fused-ring (bicyclic) bond motifs is 1. The highest BCUT2D eigenvalue weighted by Crippen LogP contribution is 2.44. The van der Waals surface area contributed by atoms with Crippen molar-refractivity contribution < 1.29 is 18.0 Å². The highest BCUT2D eigenvalue weighted by atomic mass is 35.5. The molecule has 0 aromatic carbocycles. The number of alkyl halides is 3. The first kappa shape index (κ1) is 18.5.